The lowest BCUT2D eigenvalue weighted by molar-refractivity contribution is 0.175. The highest BCUT2D eigenvalue weighted by Crippen LogP contribution is 2.43. The Balaban J connectivity index is 2.19. The molecule has 86 valence electrons. The molecule has 3 heteroatoms. The molecule has 0 fully saturated rings. The predicted molar refractivity (Wildman–Crippen MR) is 70.7 cm³/mol. The molecular formula is C14H11ClOS. The molecule has 1 heterocycles. The van der Waals surface area contributed by atoms with E-state index in [1.165, 1.54) is 10.5 Å². The highest BCUT2D eigenvalue weighted by molar-refractivity contribution is 7.99. The third kappa shape index (κ3) is 1.97. The van der Waals surface area contributed by atoms with Crippen molar-refractivity contribution in [2.24, 2.45) is 0 Å². The van der Waals surface area contributed by atoms with E-state index in [9.17, 15) is 5.11 Å². The van der Waals surface area contributed by atoms with E-state index in [0.717, 1.165) is 10.5 Å². The number of aliphatic hydroxyl groups excluding tert-OH is 1. The van der Waals surface area contributed by atoms with Gasteiger partial charge in [0.25, 0.3) is 0 Å². The average Bonchev–Trinajstić information content (AvgIpc) is 2.47. The summed E-state index contributed by atoms with van der Waals surface area (Å²) in [7, 11) is 0. The molecule has 17 heavy (non-hydrogen) atoms. The van der Waals surface area contributed by atoms with Crippen LogP contribution in [0.5, 0.6) is 0 Å². The van der Waals surface area contributed by atoms with Crippen LogP contribution in [-0.4, -0.2) is 5.11 Å². The number of halogens is 1. The number of rotatable bonds is 0. The molecule has 0 aliphatic carbocycles. The smallest absolute Gasteiger partial charge is 0.0842 e. The lowest BCUT2D eigenvalue weighted by Crippen LogP contribution is -2.01. The van der Waals surface area contributed by atoms with Crippen LogP contribution in [0.15, 0.2) is 52.3 Å². The van der Waals surface area contributed by atoms with Gasteiger partial charge >= 0.3 is 0 Å². The summed E-state index contributed by atoms with van der Waals surface area (Å²) < 4.78 is 0. The summed E-state index contributed by atoms with van der Waals surface area (Å²) in [5.74, 6) is 0. The molecule has 0 spiro atoms. The zero-order valence-corrected chi connectivity index (χ0v) is 10.6. The van der Waals surface area contributed by atoms with Crippen LogP contribution in [-0.2, 0) is 6.42 Å². The molecule has 0 bridgehead atoms. The second-order valence-corrected chi connectivity index (χ2v) is 5.55. The van der Waals surface area contributed by atoms with Gasteiger partial charge in [-0.3, -0.25) is 0 Å². The molecule has 0 aromatic heterocycles. The average molecular weight is 263 g/mol. The highest BCUT2D eigenvalue weighted by atomic mass is 35.5. The lowest BCUT2D eigenvalue weighted by atomic mass is 10.0. The standard InChI is InChI=1S/C14H11ClOS/c15-11-6-3-5-10-12(16)8-9-4-1-2-7-13(9)17-14(10)11/h1-7,12,16H,8H2/t12-/m0/s1. The zero-order valence-electron chi connectivity index (χ0n) is 9.06. The van der Waals surface area contributed by atoms with Gasteiger partial charge < -0.3 is 5.11 Å². The Hall–Kier alpha value is -0.960. The summed E-state index contributed by atoms with van der Waals surface area (Å²) >= 11 is 7.86. The maximum atomic E-state index is 10.2. The lowest BCUT2D eigenvalue weighted by Gasteiger charge is -2.11. The largest absolute Gasteiger partial charge is 0.388 e. The minimum atomic E-state index is -0.472. The van der Waals surface area contributed by atoms with Gasteiger partial charge in [-0.2, -0.15) is 0 Å². The number of hydrogen-bond acceptors (Lipinski definition) is 2. The summed E-state index contributed by atoms with van der Waals surface area (Å²) in [4.78, 5) is 2.16. The van der Waals surface area contributed by atoms with E-state index in [0.29, 0.717) is 11.4 Å². The molecule has 1 aliphatic heterocycles. The van der Waals surface area contributed by atoms with Gasteiger partial charge in [0.05, 0.1) is 11.1 Å². The highest BCUT2D eigenvalue weighted by Gasteiger charge is 2.22. The Morgan fingerprint density at radius 1 is 1.12 bits per heavy atom. The van der Waals surface area contributed by atoms with E-state index in [-0.39, 0.29) is 0 Å². The van der Waals surface area contributed by atoms with Crippen molar-refractivity contribution in [3.05, 3.63) is 58.6 Å². The number of fused-ring (bicyclic) bond motifs is 2. The van der Waals surface area contributed by atoms with Gasteiger partial charge in [0, 0.05) is 16.2 Å². The molecule has 0 radical (unpaired) electrons. The Morgan fingerprint density at radius 3 is 2.82 bits per heavy atom. The molecule has 2 aromatic carbocycles. The molecule has 1 aliphatic rings. The van der Waals surface area contributed by atoms with E-state index < -0.39 is 6.10 Å². The van der Waals surface area contributed by atoms with Crippen molar-refractivity contribution in [1.29, 1.82) is 0 Å². The van der Waals surface area contributed by atoms with Gasteiger partial charge in [0.1, 0.15) is 0 Å². The zero-order chi connectivity index (χ0) is 11.8. The van der Waals surface area contributed by atoms with E-state index in [4.69, 9.17) is 11.6 Å². The van der Waals surface area contributed by atoms with Crippen LogP contribution >= 0.6 is 23.4 Å². The van der Waals surface area contributed by atoms with Crippen molar-refractivity contribution >= 4 is 23.4 Å². The molecule has 2 aromatic rings. The quantitative estimate of drug-likeness (QED) is 0.772. The van der Waals surface area contributed by atoms with Gasteiger partial charge in [-0.1, -0.05) is 53.7 Å². The van der Waals surface area contributed by atoms with Gasteiger partial charge in [0.2, 0.25) is 0 Å². The third-order valence-corrected chi connectivity index (χ3v) is 4.66. The Bertz CT molecular complexity index is 568. The van der Waals surface area contributed by atoms with Crippen LogP contribution in [0, 0.1) is 0 Å². The third-order valence-electron chi connectivity index (χ3n) is 2.95. The summed E-state index contributed by atoms with van der Waals surface area (Å²) in [6.45, 7) is 0. The van der Waals surface area contributed by atoms with Crippen LogP contribution in [0.2, 0.25) is 5.02 Å². The molecule has 0 saturated carbocycles. The Labute approximate surface area is 109 Å². The Kier molecular flexibility index (Phi) is 2.87. The van der Waals surface area contributed by atoms with Gasteiger partial charge in [-0.15, -0.1) is 0 Å². The number of hydrogen-bond donors (Lipinski definition) is 1. The molecule has 1 N–H and O–H groups in total. The van der Waals surface area contributed by atoms with Crippen molar-refractivity contribution in [3.8, 4) is 0 Å². The van der Waals surface area contributed by atoms with Crippen molar-refractivity contribution in [1.82, 2.24) is 0 Å². The fourth-order valence-electron chi connectivity index (χ4n) is 2.10. The molecule has 0 unspecified atom stereocenters. The van der Waals surface area contributed by atoms with Crippen LogP contribution < -0.4 is 0 Å². The monoisotopic (exact) mass is 262 g/mol. The molecule has 0 saturated heterocycles. The number of aliphatic hydroxyl groups is 1. The van der Waals surface area contributed by atoms with Gasteiger partial charge in [-0.05, 0) is 23.3 Å². The first-order chi connectivity index (χ1) is 8.25. The second kappa shape index (κ2) is 4.37. The maximum Gasteiger partial charge on any atom is 0.0842 e. The fourth-order valence-corrected chi connectivity index (χ4v) is 3.53. The number of benzene rings is 2. The van der Waals surface area contributed by atoms with E-state index >= 15 is 0 Å². The molecular weight excluding hydrogens is 252 g/mol. The van der Waals surface area contributed by atoms with Crippen molar-refractivity contribution in [2.75, 3.05) is 0 Å². The van der Waals surface area contributed by atoms with Crippen LogP contribution in [0.25, 0.3) is 0 Å². The van der Waals surface area contributed by atoms with Crippen LogP contribution in [0.3, 0.4) is 0 Å². The van der Waals surface area contributed by atoms with E-state index in [1.54, 1.807) is 11.8 Å². The molecule has 0 amide bonds. The van der Waals surface area contributed by atoms with E-state index in [2.05, 4.69) is 12.1 Å². The SMILES string of the molecule is O[C@H]1Cc2ccccc2Sc2c(Cl)cccc21. The van der Waals surface area contributed by atoms with Crippen molar-refractivity contribution in [2.45, 2.75) is 22.3 Å². The topological polar surface area (TPSA) is 20.2 Å². The molecule has 1 atom stereocenters. The van der Waals surface area contributed by atoms with E-state index in [1.807, 2.05) is 30.3 Å². The molecule has 1 nitrogen and oxygen atoms in total. The minimum absolute atomic E-state index is 0.472. The van der Waals surface area contributed by atoms with Crippen LogP contribution in [0.4, 0.5) is 0 Å². The van der Waals surface area contributed by atoms with Crippen molar-refractivity contribution in [3.63, 3.8) is 0 Å². The fraction of sp³-hybridized carbons (Fsp3) is 0.143. The molecule has 3 rings (SSSR count). The maximum absolute atomic E-state index is 10.2. The minimum Gasteiger partial charge on any atom is -0.388 e. The van der Waals surface area contributed by atoms with Gasteiger partial charge in [0.15, 0.2) is 0 Å². The first-order valence-corrected chi connectivity index (χ1v) is 6.67. The summed E-state index contributed by atoms with van der Waals surface area (Å²) in [6.07, 6.45) is 0.177. The van der Waals surface area contributed by atoms with Crippen molar-refractivity contribution < 1.29 is 5.11 Å². The summed E-state index contributed by atoms with van der Waals surface area (Å²) in [5, 5.41) is 11.0. The first-order valence-electron chi connectivity index (χ1n) is 5.48. The predicted octanol–water partition coefficient (Wildman–Crippen LogP) is 4.08. The first kappa shape index (κ1) is 11.1. The normalized spacial score (nSPS) is 18.1. The summed E-state index contributed by atoms with van der Waals surface area (Å²) in [6, 6.07) is 13.9. The Morgan fingerprint density at radius 2 is 1.94 bits per heavy atom. The van der Waals surface area contributed by atoms with Gasteiger partial charge in [-0.25, -0.2) is 0 Å². The van der Waals surface area contributed by atoms with Crippen LogP contribution in [0.1, 0.15) is 17.2 Å². The summed E-state index contributed by atoms with van der Waals surface area (Å²) in [5.41, 5.74) is 2.11. The second-order valence-electron chi connectivity index (χ2n) is 4.09.